The molecule has 1 N–H and O–H groups in total. The van der Waals surface area contributed by atoms with Gasteiger partial charge in [0.1, 0.15) is 11.6 Å². The molecule has 0 bridgehead atoms. The number of benzene rings is 1. The number of rotatable bonds is 7. The Hall–Kier alpha value is -2.06. The Balaban J connectivity index is 1.95. The van der Waals surface area contributed by atoms with Crippen LogP contribution in [0.5, 0.6) is 5.75 Å². The molecule has 2 aromatic rings. The van der Waals surface area contributed by atoms with Crippen LogP contribution in [0.4, 0.5) is 4.39 Å². The van der Waals surface area contributed by atoms with Crippen LogP contribution in [0.2, 0.25) is 0 Å². The second-order valence-electron chi connectivity index (χ2n) is 5.05. The van der Waals surface area contributed by atoms with E-state index in [0.717, 1.165) is 18.0 Å². The van der Waals surface area contributed by atoms with Crippen molar-refractivity contribution >= 4 is 10.0 Å². The molecule has 1 heterocycles. The SMILES string of the molecule is COc1ccc(CNS(=O)(=O)[C@H](C)Cc2ncc(F)cn2)cc1. The summed E-state index contributed by atoms with van der Waals surface area (Å²) in [5.41, 5.74) is 0.819. The van der Waals surface area contributed by atoms with Gasteiger partial charge in [0.15, 0.2) is 5.82 Å². The molecular formula is C15H18FN3O3S. The lowest BCUT2D eigenvalue weighted by Gasteiger charge is -2.13. The number of ether oxygens (including phenoxy) is 1. The molecule has 0 amide bonds. The van der Waals surface area contributed by atoms with Gasteiger partial charge in [-0.25, -0.2) is 27.5 Å². The minimum Gasteiger partial charge on any atom is -0.497 e. The van der Waals surface area contributed by atoms with Gasteiger partial charge >= 0.3 is 0 Å². The molecule has 124 valence electrons. The highest BCUT2D eigenvalue weighted by atomic mass is 32.2. The minimum atomic E-state index is -3.54. The molecule has 1 aromatic carbocycles. The Morgan fingerprint density at radius 3 is 2.39 bits per heavy atom. The summed E-state index contributed by atoms with van der Waals surface area (Å²) in [5, 5.41) is -0.730. The van der Waals surface area contributed by atoms with E-state index in [9.17, 15) is 12.8 Å². The molecule has 0 aliphatic carbocycles. The second kappa shape index (κ2) is 7.47. The van der Waals surface area contributed by atoms with Crippen molar-refractivity contribution in [2.24, 2.45) is 0 Å². The molecule has 6 nitrogen and oxygen atoms in total. The fourth-order valence-corrected chi connectivity index (χ4v) is 2.90. The summed E-state index contributed by atoms with van der Waals surface area (Å²) in [6, 6.07) is 7.10. The van der Waals surface area contributed by atoms with Crippen LogP contribution >= 0.6 is 0 Å². The standard InChI is InChI=1S/C15H18FN3O3S/c1-11(7-15-17-9-13(16)10-18-15)23(20,21)19-8-12-3-5-14(22-2)6-4-12/h3-6,9-11,19H,7-8H2,1-2H3/t11-/m1/s1. The molecule has 2 rings (SSSR count). The molecule has 1 aromatic heterocycles. The smallest absolute Gasteiger partial charge is 0.214 e. The van der Waals surface area contributed by atoms with E-state index in [-0.39, 0.29) is 18.8 Å². The first-order chi connectivity index (χ1) is 10.9. The summed E-state index contributed by atoms with van der Waals surface area (Å²) < 4.78 is 44.8. The molecule has 0 saturated heterocycles. The van der Waals surface area contributed by atoms with Crippen molar-refractivity contribution in [3.05, 3.63) is 53.9 Å². The molecule has 0 unspecified atom stereocenters. The van der Waals surface area contributed by atoms with Crippen molar-refractivity contribution in [1.29, 1.82) is 0 Å². The van der Waals surface area contributed by atoms with E-state index in [4.69, 9.17) is 4.74 Å². The first-order valence-electron chi connectivity index (χ1n) is 6.98. The van der Waals surface area contributed by atoms with E-state index in [0.29, 0.717) is 5.75 Å². The highest BCUT2D eigenvalue weighted by Crippen LogP contribution is 2.12. The summed E-state index contributed by atoms with van der Waals surface area (Å²) in [6.07, 6.45) is 2.15. The van der Waals surface area contributed by atoms with E-state index in [1.54, 1.807) is 38.3 Å². The zero-order valence-corrected chi connectivity index (χ0v) is 13.7. The number of hydrogen-bond acceptors (Lipinski definition) is 5. The maximum Gasteiger partial charge on any atom is 0.214 e. The van der Waals surface area contributed by atoms with Gasteiger partial charge in [-0.3, -0.25) is 0 Å². The lowest BCUT2D eigenvalue weighted by atomic mass is 10.2. The van der Waals surface area contributed by atoms with Crippen molar-refractivity contribution in [1.82, 2.24) is 14.7 Å². The van der Waals surface area contributed by atoms with Gasteiger partial charge in [-0.2, -0.15) is 0 Å². The number of aromatic nitrogens is 2. The fraction of sp³-hybridized carbons (Fsp3) is 0.333. The van der Waals surface area contributed by atoms with Crippen LogP contribution in [0.15, 0.2) is 36.7 Å². The minimum absolute atomic E-state index is 0.109. The normalized spacial score (nSPS) is 12.8. The average molecular weight is 339 g/mol. The Bertz CT molecular complexity index is 734. The van der Waals surface area contributed by atoms with Gasteiger partial charge in [0.2, 0.25) is 10.0 Å². The Labute approximate surface area is 134 Å². The van der Waals surface area contributed by atoms with Gasteiger partial charge in [-0.1, -0.05) is 12.1 Å². The van der Waals surface area contributed by atoms with Crippen molar-refractivity contribution in [3.8, 4) is 5.75 Å². The van der Waals surface area contributed by atoms with Crippen LogP contribution in [0.3, 0.4) is 0 Å². The summed E-state index contributed by atoms with van der Waals surface area (Å²) in [6.45, 7) is 1.74. The molecule has 1 atom stereocenters. The second-order valence-corrected chi connectivity index (χ2v) is 7.23. The van der Waals surface area contributed by atoms with Crippen molar-refractivity contribution < 1.29 is 17.5 Å². The van der Waals surface area contributed by atoms with E-state index in [2.05, 4.69) is 14.7 Å². The zero-order valence-electron chi connectivity index (χ0n) is 12.9. The third-order valence-electron chi connectivity index (χ3n) is 3.31. The largest absolute Gasteiger partial charge is 0.497 e. The predicted molar refractivity (Wildman–Crippen MR) is 83.9 cm³/mol. The maximum absolute atomic E-state index is 12.8. The molecule has 23 heavy (non-hydrogen) atoms. The Kier molecular flexibility index (Phi) is 5.62. The lowest BCUT2D eigenvalue weighted by molar-refractivity contribution is 0.414. The van der Waals surface area contributed by atoms with Gasteiger partial charge in [0.25, 0.3) is 0 Å². The third-order valence-corrected chi connectivity index (χ3v) is 5.08. The van der Waals surface area contributed by atoms with Crippen LogP contribution in [0, 0.1) is 5.82 Å². The van der Waals surface area contributed by atoms with Crippen LogP contribution in [0.1, 0.15) is 18.3 Å². The zero-order chi connectivity index (χ0) is 16.9. The predicted octanol–water partition coefficient (Wildman–Crippen LogP) is 1.67. The quantitative estimate of drug-likeness (QED) is 0.830. The first kappa shape index (κ1) is 17.3. The van der Waals surface area contributed by atoms with Crippen LogP contribution in [-0.2, 0) is 23.0 Å². The highest BCUT2D eigenvalue weighted by Gasteiger charge is 2.21. The van der Waals surface area contributed by atoms with Gasteiger partial charge in [0, 0.05) is 13.0 Å². The molecule has 0 radical (unpaired) electrons. The summed E-state index contributed by atoms with van der Waals surface area (Å²) in [4.78, 5) is 7.55. The van der Waals surface area contributed by atoms with Crippen molar-refractivity contribution in [2.75, 3.05) is 7.11 Å². The fourth-order valence-electron chi connectivity index (χ4n) is 1.88. The van der Waals surface area contributed by atoms with E-state index in [1.807, 2.05) is 0 Å². The molecule has 0 fully saturated rings. The monoisotopic (exact) mass is 339 g/mol. The van der Waals surface area contributed by atoms with Crippen molar-refractivity contribution in [3.63, 3.8) is 0 Å². The van der Waals surface area contributed by atoms with Crippen LogP contribution in [0.25, 0.3) is 0 Å². The van der Waals surface area contributed by atoms with E-state index < -0.39 is 21.1 Å². The molecule has 0 saturated carbocycles. The third kappa shape index (κ3) is 4.97. The maximum atomic E-state index is 12.8. The molecule has 0 aliphatic heterocycles. The van der Waals surface area contributed by atoms with Crippen LogP contribution in [-0.4, -0.2) is 30.7 Å². The van der Waals surface area contributed by atoms with Crippen LogP contribution < -0.4 is 9.46 Å². The van der Waals surface area contributed by atoms with Crippen molar-refractivity contribution in [2.45, 2.75) is 25.1 Å². The average Bonchev–Trinajstić information content (AvgIpc) is 2.55. The van der Waals surface area contributed by atoms with Gasteiger partial charge in [-0.05, 0) is 24.6 Å². The Morgan fingerprint density at radius 1 is 1.22 bits per heavy atom. The van der Waals surface area contributed by atoms with Gasteiger partial charge in [0.05, 0.1) is 24.8 Å². The number of nitrogens with zero attached hydrogens (tertiary/aromatic N) is 2. The molecule has 8 heteroatoms. The number of sulfonamides is 1. The molecular weight excluding hydrogens is 321 g/mol. The van der Waals surface area contributed by atoms with Gasteiger partial charge < -0.3 is 4.74 Å². The van der Waals surface area contributed by atoms with Gasteiger partial charge in [-0.15, -0.1) is 0 Å². The number of halogens is 1. The molecule has 0 spiro atoms. The topological polar surface area (TPSA) is 81.2 Å². The number of methoxy groups -OCH3 is 1. The Morgan fingerprint density at radius 2 is 1.83 bits per heavy atom. The number of hydrogen-bond donors (Lipinski definition) is 1. The first-order valence-corrected chi connectivity index (χ1v) is 8.53. The summed E-state index contributed by atoms with van der Waals surface area (Å²) >= 11 is 0. The van der Waals surface area contributed by atoms with E-state index in [1.165, 1.54) is 0 Å². The summed E-state index contributed by atoms with van der Waals surface area (Å²) in [7, 11) is -1.97. The number of nitrogens with one attached hydrogen (secondary N) is 1. The summed E-state index contributed by atoms with van der Waals surface area (Å²) in [5.74, 6) is 0.439. The van der Waals surface area contributed by atoms with E-state index >= 15 is 0 Å². The highest BCUT2D eigenvalue weighted by molar-refractivity contribution is 7.90. The molecule has 0 aliphatic rings. The lowest BCUT2D eigenvalue weighted by Crippen LogP contribution is -2.33.